The average molecular weight is 540 g/mol. The molecule has 1 fully saturated rings. The lowest BCUT2D eigenvalue weighted by molar-refractivity contribution is -0.143. The number of benzene rings is 2. The highest BCUT2D eigenvalue weighted by atomic mass is 35.5. The molecule has 0 bridgehead atoms. The van der Waals surface area contributed by atoms with Gasteiger partial charge >= 0.3 is 18.3 Å². The maximum absolute atomic E-state index is 12.9. The number of nitrogens with zero attached hydrogens (tertiary/aromatic N) is 1. The van der Waals surface area contributed by atoms with Crippen LogP contribution in [-0.4, -0.2) is 48.8 Å². The number of hydrogen-bond acceptors (Lipinski definition) is 3. The van der Waals surface area contributed by atoms with Crippen molar-refractivity contribution in [1.29, 1.82) is 0 Å². The summed E-state index contributed by atoms with van der Waals surface area (Å²) in [5.74, 6) is -1.66. The van der Waals surface area contributed by atoms with Crippen LogP contribution in [0, 0.1) is 5.92 Å². The summed E-state index contributed by atoms with van der Waals surface area (Å²) in [5.41, 5.74) is -0.516. The molecule has 0 radical (unpaired) electrons. The Kier molecular flexibility index (Phi) is 10.6. The highest BCUT2D eigenvalue weighted by Crippen LogP contribution is 2.35. The fourth-order valence-corrected chi connectivity index (χ4v) is 4.29. The van der Waals surface area contributed by atoms with E-state index in [9.17, 15) is 36.2 Å². The van der Waals surface area contributed by atoms with Gasteiger partial charge in [-0.1, -0.05) is 24.3 Å². The Hall–Kier alpha value is -2.30. The number of likely N-dealkylation sites (tertiary alicyclic amines) is 1. The number of carbonyl (C=O) groups is 1. The van der Waals surface area contributed by atoms with Crippen LogP contribution in [0.4, 0.5) is 26.3 Å². The van der Waals surface area contributed by atoms with E-state index in [2.05, 4.69) is 0 Å². The summed E-state index contributed by atoms with van der Waals surface area (Å²) in [6.07, 6.45) is -7.18. The van der Waals surface area contributed by atoms with Crippen molar-refractivity contribution in [3.8, 4) is 0 Å². The summed E-state index contributed by atoms with van der Waals surface area (Å²) in [6.45, 7) is 2.38. The lowest BCUT2D eigenvalue weighted by Gasteiger charge is -2.30. The number of piperidine rings is 1. The van der Waals surface area contributed by atoms with Gasteiger partial charge in [0.15, 0.2) is 0 Å². The Labute approximate surface area is 211 Å². The van der Waals surface area contributed by atoms with Crippen LogP contribution in [0.2, 0.25) is 0 Å². The van der Waals surface area contributed by atoms with Gasteiger partial charge in [0.05, 0.1) is 23.7 Å². The van der Waals surface area contributed by atoms with Crippen LogP contribution in [0.3, 0.4) is 0 Å². The normalized spacial score (nSPS) is 17.1. The maximum Gasteiger partial charge on any atom is 0.416 e. The van der Waals surface area contributed by atoms with Gasteiger partial charge in [0, 0.05) is 25.6 Å². The molecule has 1 aliphatic rings. The van der Waals surface area contributed by atoms with Gasteiger partial charge in [-0.05, 0) is 61.2 Å². The molecule has 1 aliphatic heterocycles. The van der Waals surface area contributed by atoms with E-state index < -0.39 is 41.3 Å². The minimum atomic E-state index is -4.49. The number of hydrogen-bond donors (Lipinski definition) is 1. The lowest BCUT2D eigenvalue weighted by Crippen LogP contribution is -2.40. The Balaban J connectivity index is 0.00000456. The molecule has 11 heteroatoms. The quantitative estimate of drug-likeness (QED) is 0.293. The number of ether oxygens (including phenoxy) is 1. The first-order valence-electron chi connectivity index (χ1n) is 11.3. The number of carboxylic acids is 1. The molecule has 1 heterocycles. The second-order valence-corrected chi connectivity index (χ2v) is 8.67. The monoisotopic (exact) mass is 539 g/mol. The largest absolute Gasteiger partial charge is 0.481 e. The minimum absolute atomic E-state index is 0. The number of carboxylic acid groups (broad SMARTS) is 1. The molecule has 4 nitrogen and oxygen atoms in total. The van der Waals surface area contributed by atoms with Crippen LogP contribution in [0.5, 0.6) is 0 Å². The Morgan fingerprint density at radius 3 is 1.86 bits per heavy atom. The molecule has 2 aromatic rings. The summed E-state index contributed by atoms with van der Waals surface area (Å²) in [4.78, 5) is 13.2. The number of halogens is 7. The number of alkyl halides is 6. The van der Waals surface area contributed by atoms with Crippen molar-refractivity contribution in [2.75, 3.05) is 32.8 Å². The van der Waals surface area contributed by atoms with E-state index in [0.717, 1.165) is 37.2 Å². The second kappa shape index (κ2) is 12.8. The second-order valence-electron chi connectivity index (χ2n) is 8.67. The number of aliphatic carboxylic acids is 1. The van der Waals surface area contributed by atoms with Crippen molar-refractivity contribution in [1.82, 2.24) is 4.90 Å². The van der Waals surface area contributed by atoms with Crippen LogP contribution in [0.1, 0.15) is 47.4 Å². The zero-order valence-electron chi connectivity index (χ0n) is 19.3. The van der Waals surface area contributed by atoms with Gasteiger partial charge in [0.2, 0.25) is 0 Å². The van der Waals surface area contributed by atoms with E-state index in [1.165, 1.54) is 24.3 Å². The first-order valence-corrected chi connectivity index (χ1v) is 11.3. The SMILES string of the molecule is Cl.O=C(O)[C@@H]1CCCN(CCOCCC(c2ccc(C(F)(F)F)cc2)c2ccc(C(F)(F)F)cc2)C1. The molecule has 200 valence electrons. The van der Waals surface area contributed by atoms with E-state index in [4.69, 9.17) is 4.74 Å². The lowest BCUT2D eigenvalue weighted by atomic mass is 9.88. The van der Waals surface area contributed by atoms with Gasteiger partial charge in [-0.25, -0.2) is 0 Å². The summed E-state index contributed by atoms with van der Waals surface area (Å²) in [6, 6.07) is 9.20. The fourth-order valence-electron chi connectivity index (χ4n) is 4.29. The standard InChI is InChI=1S/C25H27F6NO3.ClH/c26-24(27,28)20-7-3-17(4-8-20)22(18-5-9-21(10-6-18)25(29,30)31)11-14-35-15-13-32-12-1-2-19(16-32)23(33)34;/h3-10,19,22H,1-2,11-16H2,(H,33,34);1H/t19-;/m1./s1. The molecule has 1 atom stereocenters. The minimum Gasteiger partial charge on any atom is -0.481 e. The van der Waals surface area contributed by atoms with E-state index in [-0.39, 0.29) is 19.0 Å². The molecular formula is C25H28ClF6NO3. The third-order valence-corrected chi connectivity index (χ3v) is 6.24. The molecule has 0 spiro atoms. The summed E-state index contributed by atoms with van der Waals surface area (Å²) in [5, 5.41) is 9.18. The highest BCUT2D eigenvalue weighted by Gasteiger charge is 2.32. The number of rotatable bonds is 9. The molecule has 1 N–H and O–H groups in total. The van der Waals surface area contributed by atoms with Crippen LogP contribution >= 0.6 is 12.4 Å². The molecule has 3 rings (SSSR count). The molecule has 0 unspecified atom stereocenters. The molecule has 0 saturated carbocycles. The molecular weight excluding hydrogens is 512 g/mol. The maximum atomic E-state index is 12.9. The molecule has 1 saturated heterocycles. The van der Waals surface area contributed by atoms with Crippen molar-refractivity contribution >= 4 is 18.4 Å². The summed E-state index contributed by atoms with van der Waals surface area (Å²) >= 11 is 0. The molecule has 0 aromatic heterocycles. The van der Waals surface area contributed by atoms with E-state index in [1.54, 1.807) is 0 Å². The first-order chi connectivity index (χ1) is 16.4. The van der Waals surface area contributed by atoms with Crippen molar-refractivity contribution in [3.63, 3.8) is 0 Å². The predicted molar refractivity (Wildman–Crippen MR) is 124 cm³/mol. The van der Waals surface area contributed by atoms with Crippen molar-refractivity contribution in [3.05, 3.63) is 70.8 Å². The van der Waals surface area contributed by atoms with Crippen LogP contribution < -0.4 is 0 Å². The third kappa shape index (κ3) is 8.38. The van der Waals surface area contributed by atoms with Gasteiger partial charge in [0.25, 0.3) is 0 Å². The average Bonchev–Trinajstić information content (AvgIpc) is 2.81. The van der Waals surface area contributed by atoms with Crippen LogP contribution in [0.15, 0.2) is 48.5 Å². The van der Waals surface area contributed by atoms with Gasteiger partial charge in [-0.2, -0.15) is 26.3 Å². The van der Waals surface area contributed by atoms with E-state index in [1.807, 2.05) is 4.90 Å². The van der Waals surface area contributed by atoms with Crippen molar-refractivity contribution in [2.45, 2.75) is 37.5 Å². The smallest absolute Gasteiger partial charge is 0.416 e. The zero-order chi connectivity index (χ0) is 25.6. The van der Waals surface area contributed by atoms with Crippen molar-refractivity contribution in [2.24, 2.45) is 5.92 Å². The van der Waals surface area contributed by atoms with Crippen LogP contribution in [0.25, 0.3) is 0 Å². The topological polar surface area (TPSA) is 49.8 Å². The fraction of sp³-hybridized carbons (Fsp3) is 0.480. The van der Waals surface area contributed by atoms with Gasteiger partial charge in [-0.3, -0.25) is 4.79 Å². The van der Waals surface area contributed by atoms with E-state index in [0.29, 0.717) is 43.7 Å². The molecule has 0 aliphatic carbocycles. The summed E-state index contributed by atoms with van der Waals surface area (Å²) < 4.78 is 83.4. The molecule has 2 aromatic carbocycles. The first kappa shape index (κ1) is 29.9. The molecule has 0 amide bonds. The zero-order valence-corrected chi connectivity index (χ0v) is 20.1. The Bertz CT molecular complexity index is 906. The van der Waals surface area contributed by atoms with Gasteiger partial charge in [0.1, 0.15) is 0 Å². The van der Waals surface area contributed by atoms with Gasteiger partial charge in [-0.15, -0.1) is 12.4 Å². The third-order valence-electron chi connectivity index (χ3n) is 6.24. The van der Waals surface area contributed by atoms with E-state index >= 15 is 0 Å². The highest BCUT2D eigenvalue weighted by molar-refractivity contribution is 5.85. The van der Waals surface area contributed by atoms with Gasteiger partial charge < -0.3 is 14.7 Å². The molecule has 36 heavy (non-hydrogen) atoms. The predicted octanol–water partition coefficient (Wildman–Crippen LogP) is 6.48. The van der Waals surface area contributed by atoms with Crippen LogP contribution in [-0.2, 0) is 21.9 Å². The van der Waals surface area contributed by atoms with Crippen molar-refractivity contribution < 1.29 is 41.0 Å². The Morgan fingerprint density at radius 1 is 0.917 bits per heavy atom. The summed E-state index contributed by atoms with van der Waals surface area (Å²) in [7, 11) is 0. The Morgan fingerprint density at radius 2 is 1.42 bits per heavy atom.